The minimum absolute atomic E-state index is 0.151. The van der Waals surface area contributed by atoms with Gasteiger partial charge in [0.1, 0.15) is 0 Å². The third-order valence-electron chi connectivity index (χ3n) is 3.60. The van der Waals surface area contributed by atoms with Gasteiger partial charge >= 0.3 is 0 Å². The van der Waals surface area contributed by atoms with Crippen molar-refractivity contribution in [1.82, 2.24) is 5.32 Å². The molecule has 0 bridgehead atoms. The lowest BCUT2D eigenvalue weighted by Crippen LogP contribution is -2.35. The molecule has 1 rings (SSSR count). The lowest BCUT2D eigenvalue weighted by Gasteiger charge is -2.19. The van der Waals surface area contributed by atoms with Gasteiger partial charge < -0.3 is 11.1 Å². The molecule has 1 aliphatic rings. The first-order valence-corrected chi connectivity index (χ1v) is 6.44. The molecule has 2 unspecified atom stereocenters. The van der Waals surface area contributed by atoms with E-state index in [9.17, 15) is 4.79 Å². The van der Waals surface area contributed by atoms with Crippen LogP contribution in [-0.4, -0.2) is 18.0 Å². The molecule has 0 aromatic carbocycles. The molecule has 0 saturated heterocycles. The summed E-state index contributed by atoms with van der Waals surface area (Å²) in [5.74, 6) is 1.61. The van der Waals surface area contributed by atoms with E-state index < -0.39 is 0 Å². The van der Waals surface area contributed by atoms with Crippen LogP contribution in [0.25, 0.3) is 0 Å². The minimum atomic E-state index is -0.238. The molecular formula is C13H26N2O. The maximum absolute atomic E-state index is 11.6. The standard InChI is InChI=1S/C13H26N2O/c1-10-5-4-6-11(10)9-15-12(16)7-8-13(2,3)14/h10-11H,4-9,14H2,1-3H3,(H,15,16). The summed E-state index contributed by atoms with van der Waals surface area (Å²) in [5.41, 5.74) is 5.61. The molecule has 0 aromatic rings. The highest BCUT2D eigenvalue weighted by Gasteiger charge is 2.23. The van der Waals surface area contributed by atoms with E-state index in [-0.39, 0.29) is 11.4 Å². The van der Waals surface area contributed by atoms with Crippen LogP contribution in [0.3, 0.4) is 0 Å². The number of carbonyl (C=O) groups excluding carboxylic acids is 1. The maximum atomic E-state index is 11.6. The van der Waals surface area contributed by atoms with E-state index in [0.717, 1.165) is 18.9 Å². The molecule has 3 nitrogen and oxygen atoms in total. The van der Waals surface area contributed by atoms with Gasteiger partial charge in [-0.25, -0.2) is 0 Å². The zero-order valence-corrected chi connectivity index (χ0v) is 10.9. The van der Waals surface area contributed by atoms with Crippen LogP contribution in [0.15, 0.2) is 0 Å². The molecule has 0 aromatic heterocycles. The summed E-state index contributed by atoms with van der Waals surface area (Å²) >= 11 is 0. The minimum Gasteiger partial charge on any atom is -0.356 e. The predicted octanol–water partition coefficient (Wildman–Crippen LogP) is 2.06. The molecule has 0 spiro atoms. The topological polar surface area (TPSA) is 55.1 Å². The van der Waals surface area contributed by atoms with Crippen molar-refractivity contribution in [1.29, 1.82) is 0 Å². The fourth-order valence-electron chi connectivity index (χ4n) is 2.29. The molecule has 94 valence electrons. The summed E-state index contributed by atoms with van der Waals surface area (Å²) in [7, 11) is 0. The smallest absolute Gasteiger partial charge is 0.220 e. The Hall–Kier alpha value is -0.570. The number of rotatable bonds is 5. The van der Waals surface area contributed by atoms with Gasteiger partial charge in [-0.2, -0.15) is 0 Å². The summed E-state index contributed by atoms with van der Waals surface area (Å²) < 4.78 is 0. The molecule has 0 radical (unpaired) electrons. The Balaban J connectivity index is 2.15. The normalized spacial score (nSPS) is 25.8. The first-order valence-electron chi connectivity index (χ1n) is 6.44. The molecular weight excluding hydrogens is 200 g/mol. The van der Waals surface area contributed by atoms with Crippen LogP contribution in [0.5, 0.6) is 0 Å². The van der Waals surface area contributed by atoms with Crippen molar-refractivity contribution < 1.29 is 4.79 Å². The van der Waals surface area contributed by atoms with E-state index in [4.69, 9.17) is 5.73 Å². The number of nitrogens with one attached hydrogen (secondary N) is 1. The van der Waals surface area contributed by atoms with Crippen molar-refractivity contribution in [2.75, 3.05) is 6.54 Å². The van der Waals surface area contributed by atoms with Crippen molar-refractivity contribution in [2.45, 2.75) is 58.4 Å². The van der Waals surface area contributed by atoms with E-state index in [0.29, 0.717) is 12.3 Å². The lowest BCUT2D eigenvalue weighted by molar-refractivity contribution is -0.121. The van der Waals surface area contributed by atoms with Gasteiger partial charge in [0, 0.05) is 18.5 Å². The van der Waals surface area contributed by atoms with Gasteiger partial charge in [0.05, 0.1) is 0 Å². The van der Waals surface area contributed by atoms with E-state index in [1.54, 1.807) is 0 Å². The molecule has 2 atom stereocenters. The van der Waals surface area contributed by atoms with Gasteiger partial charge in [-0.1, -0.05) is 19.8 Å². The third-order valence-corrected chi connectivity index (χ3v) is 3.60. The van der Waals surface area contributed by atoms with E-state index >= 15 is 0 Å². The Kier molecular flexibility index (Phi) is 4.78. The van der Waals surface area contributed by atoms with Crippen LogP contribution in [0, 0.1) is 11.8 Å². The second-order valence-corrected chi connectivity index (χ2v) is 5.96. The van der Waals surface area contributed by atoms with Crippen molar-refractivity contribution >= 4 is 5.91 Å². The van der Waals surface area contributed by atoms with Crippen LogP contribution in [-0.2, 0) is 4.79 Å². The summed E-state index contributed by atoms with van der Waals surface area (Å²) in [4.78, 5) is 11.6. The second-order valence-electron chi connectivity index (χ2n) is 5.96. The number of hydrogen-bond donors (Lipinski definition) is 2. The van der Waals surface area contributed by atoms with Crippen LogP contribution in [0.1, 0.15) is 52.9 Å². The summed E-state index contributed by atoms with van der Waals surface area (Å²) in [5, 5.41) is 3.03. The maximum Gasteiger partial charge on any atom is 0.220 e. The predicted molar refractivity (Wildman–Crippen MR) is 67.0 cm³/mol. The zero-order valence-electron chi connectivity index (χ0n) is 10.9. The summed E-state index contributed by atoms with van der Waals surface area (Å²) in [6, 6.07) is 0. The monoisotopic (exact) mass is 226 g/mol. The first-order chi connectivity index (χ1) is 7.38. The number of nitrogens with two attached hydrogens (primary N) is 1. The Morgan fingerprint density at radius 3 is 2.62 bits per heavy atom. The fraction of sp³-hybridized carbons (Fsp3) is 0.923. The summed E-state index contributed by atoms with van der Waals surface area (Å²) in [6.07, 6.45) is 5.20. The van der Waals surface area contributed by atoms with Crippen LogP contribution < -0.4 is 11.1 Å². The van der Waals surface area contributed by atoms with E-state index in [2.05, 4.69) is 12.2 Å². The molecule has 3 heteroatoms. The van der Waals surface area contributed by atoms with E-state index in [1.807, 2.05) is 13.8 Å². The highest BCUT2D eigenvalue weighted by molar-refractivity contribution is 5.75. The van der Waals surface area contributed by atoms with Crippen molar-refractivity contribution in [3.8, 4) is 0 Å². The SMILES string of the molecule is CC1CCCC1CNC(=O)CCC(C)(C)N. The Morgan fingerprint density at radius 1 is 1.44 bits per heavy atom. The van der Waals surface area contributed by atoms with Crippen molar-refractivity contribution in [2.24, 2.45) is 17.6 Å². The first kappa shape index (κ1) is 13.5. The fourth-order valence-corrected chi connectivity index (χ4v) is 2.29. The third kappa shape index (κ3) is 4.97. The molecule has 1 amide bonds. The van der Waals surface area contributed by atoms with E-state index in [1.165, 1.54) is 19.3 Å². The van der Waals surface area contributed by atoms with Gasteiger partial charge in [0.15, 0.2) is 0 Å². The Morgan fingerprint density at radius 2 is 2.12 bits per heavy atom. The van der Waals surface area contributed by atoms with Gasteiger partial charge in [-0.15, -0.1) is 0 Å². The van der Waals surface area contributed by atoms with Gasteiger partial charge in [-0.3, -0.25) is 4.79 Å². The highest BCUT2D eigenvalue weighted by atomic mass is 16.1. The quantitative estimate of drug-likeness (QED) is 0.754. The average molecular weight is 226 g/mol. The zero-order chi connectivity index (χ0) is 12.2. The van der Waals surface area contributed by atoms with Gasteiger partial charge in [-0.05, 0) is 38.5 Å². The average Bonchev–Trinajstić information content (AvgIpc) is 2.57. The molecule has 1 aliphatic carbocycles. The van der Waals surface area contributed by atoms with Gasteiger partial charge in [0.25, 0.3) is 0 Å². The number of hydrogen-bond acceptors (Lipinski definition) is 2. The molecule has 3 N–H and O–H groups in total. The van der Waals surface area contributed by atoms with Crippen LogP contribution in [0.4, 0.5) is 0 Å². The Labute approximate surface area is 99.2 Å². The Bertz CT molecular complexity index is 233. The lowest BCUT2D eigenvalue weighted by atomic mass is 9.97. The molecule has 0 aliphatic heterocycles. The van der Waals surface area contributed by atoms with Crippen molar-refractivity contribution in [3.05, 3.63) is 0 Å². The van der Waals surface area contributed by atoms with Gasteiger partial charge in [0.2, 0.25) is 5.91 Å². The highest BCUT2D eigenvalue weighted by Crippen LogP contribution is 2.30. The molecule has 16 heavy (non-hydrogen) atoms. The number of amides is 1. The summed E-state index contributed by atoms with van der Waals surface area (Å²) in [6.45, 7) is 7.05. The van der Waals surface area contributed by atoms with Crippen LogP contribution >= 0.6 is 0 Å². The molecule has 0 heterocycles. The van der Waals surface area contributed by atoms with Crippen LogP contribution in [0.2, 0.25) is 0 Å². The number of carbonyl (C=O) groups is 1. The largest absolute Gasteiger partial charge is 0.356 e. The second kappa shape index (κ2) is 5.67. The molecule has 1 saturated carbocycles. The molecule has 1 fully saturated rings. The van der Waals surface area contributed by atoms with Crippen molar-refractivity contribution in [3.63, 3.8) is 0 Å².